The Morgan fingerprint density at radius 1 is 1.33 bits per heavy atom. The zero-order chi connectivity index (χ0) is 17.7. The van der Waals surface area contributed by atoms with E-state index in [4.69, 9.17) is 5.11 Å². The van der Waals surface area contributed by atoms with Gasteiger partial charge in [0.05, 0.1) is 5.92 Å². The second-order valence-corrected chi connectivity index (χ2v) is 5.44. The molecule has 0 saturated carbocycles. The normalized spacial score (nSPS) is 18.1. The summed E-state index contributed by atoms with van der Waals surface area (Å²) in [6.45, 7) is 0.345. The van der Waals surface area contributed by atoms with E-state index in [0.29, 0.717) is 19.4 Å². The first-order chi connectivity index (χ1) is 11.3. The van der Waals surface area contributed by atoms with Crippen LogP contribution in [0, 0.1) is 5.92 Å². The quantitative estimate of drug-likeness (QED) is 0.878. The minimum atomic E-state index is -4.82. The highest BCUT2D eigenvalue weighted by atomic mass is 19.4. The van der Waals surface area contributed by atoms with Crippen LogP contribution in [-0.4, -0.2) is 41.5 Å². The first kappa shape index (κ1) is 17.9. The Morgan fingerprint density at radius 3 is 2.71 bits per heavy atom. The summed E-state index contributed by atoms with van der Waals surface area (Å²) in [6.07, 6.45) is -3.75. The van der Waals surface area contributed by atoms with Gasteiger partial charge in [-0.1, -0.05) is 18.2 Å². The Balaban J connectivity index is 1.96. The molecule has 2 amide bonds. The number of hydrogen-bond donors (Lipinski definition) is 2. The molecule has 0 spiro atoms. The molecule has 1 aliphatic rings. The van der Waals surface area contributed by atoms with Gasteiger partial charge >= 0.3 is 18.4 Å². The highest BCUT2D eigenvalue weighted by molar-refractivity contribution is 5.76. The van der Waals surface area contributed by atoms with Crippen molar-refractivity contribution in [1.29, 1.82) is 0 Å². The minimum absolute atomic E-state index is 0.0852. The van der Waals surface area contributed by atoms with Gasteiger partial charge in [-0.25, -0.2) is 4.79 Å². The third kappa shape index (κ3) is 5.04. The molecule has 0 aliphatic carbocycles. The second kappa shape index (κ2) is 7.41. The smallest absolute Gasteiger partial charge is 0.481 e. The summed E-state index contributed by atoms with van der Waals surface area (Å²) in [5.41, 5.74) is 0.176. The Hall–Kier alpha value is -2.45. The van der Waals surface area contributed by atoms with Gasteiger partial charge in [-0.15, -0.1) is 13.2 Å². The highest BCUT2D eigenvalue weighted by Gasteiger charge is 2.32. The zero-order valence-corrected chi connectivity index (χ0v) is 12.7. The van der Waals surface area contributed by atoms with Crippen molar-refractivity contribution in [2.75, 3.05) is 13.1 Å². The predicted molar refractivity (Wildman–Crippen MR) is 77.3 cm³/mol. The van der Waals surface area contributed by atoms with E-state index in [1.54, 1.807) is 0 Å². The number of carboxylic acids is 1. The number of hydrogen-bond acceptors (Lipinski definition) is 3. The molecule has 0 bridgehead atoms. The Morgan fingerprint density at radius 2 is 2.04 bits per heavy atom. The van der Waals surface area contributed by atoms with Gasteiger partial charge in [0, 0.05) is 25.2 Å². The fourth-order valence-corrected chi connectivity index (χ4v) is 2.52. The van der Waals surface area contributed by atoms with Crippen LogP contribution in [0.4, 0.5) is 18.0 Å². The molecule has 1 fully saturated rings. The van der Waals surface area contributed by atoms with Gasteiger partial charge in [0.2, 0.25) is 0 Å². The highest BCUT2D eigenvalue weighted by Crippen LogP contribution is 2.26. The molecular formula is C15H17F3N2O4. The van der Waals surface area contributed by atoms with Crippen molar-refractivity contribution in [3.8, 4) is 5.75 Å². The molecule has 132 valence electrons. The van der Waals surface area contributed by atoms with E-state index in [1.807, 2.05) is 0 Å². The number of piperidine rings is 1. The topological polar surface area (TPSA) is 78.9 Å². The summed E-state index contributed by atoms with van der Waals surface area (Å²) in [5, 5.41) is 11.5. The van der Waals surface area contributed by atoms with Crippen LogP contribution in [-0.2, 0) is 11.3 Å². The van der Waals surface area contributed by atoms with Gasteiger partial charge in [-0.3, -0.25) is 4.79 Å². The molecule has 1 aliphatic heterocycles. The molecule has 6 nitrogen and oxygen atoms in total. The van der Waals surface area contributed by atoms with Crippen molar-refractivity contribution in [3.05, 3.63) is 29.8 Å². The lowest BCUT2D eigenvalue weighted by Crippen LogP contribution is -2.46. The number of alkyl halides is 3. The number of aliphatic carboxylic acids is 1. The first-order valence-electron chi connectivity index (χ1n) is 7.35. The number of nitrogens with one attached hydrogen (secondary N) is 1. The molecule has 1 aromatic rings. The summed E-state index contributed by atoms with van der Waals surface area (Å²) >= 11 is 0. The number of carboxylic acid groups (broad SMARTS) is 1. The van der Waals surface area contributed by atoms with E-state index in [-0.39, 0.29) is 24.4 Å². The molecule has 0 aromatic heterocycles. The van der Waals surface area contributed by atoms with Gasteiger partial charge in [0.25, 0.3) is 0 Å². The van der Waals surface area contributed by atoms with Crippen LogP contribution in [0.5, 0.6) is 5.75 Å². The average Bonchev–Trinajstić information content (AvgIpc) is 2.52. The summed E-state index contributed by atoms with van der Waals surface area (Å²) in [7, 11) is 0. The molecule has 24 heavy (non-hydrogen) atoms. The number of carbonyl (C=O) groups is 2. The maximum absolute atomic E-state index is 12.4. The first-order valence-corrected chi connectivity index (χ1v) is 7.35. The largest absolute Gasteiger partial charge is 0.573 e. The monoisotopic (exact) mass is 346 g/mol. The lowest BCUT2D eigenvalue weighted by atomic mass is 9.99. The van der Waals surface area contributed by atoms with Gasteiger partial charge in [-0.05, 0) is 18.9 Å². The number of amides is 2. The van der Waals surface area contributed by atoms with Crippen molar-refractivity contribution in [3.63, 3.8) is 0 Å². The molecule has 1 saturated heterocycles. The fraction of sp³-hybridized carbons (Fsp3) is 0.467. The number of benzene rings is 1. The fourth-order valence-electron chi connectivity index (χ4n) is 2.52. The van der Waals surface area contributed by atoms with Crippen LogP contribution in [0.2, 0.25) is 0 Å². The van der Waals surface area contributed by atoms with E-state index in [2.05, 4.69) is 10.1 Å². The van der Waals surface area contributed by atoms with E-state index < -0.39 is 24.3 Å². The molecule has 2 N–H and O–H groups in total. The maximum Gasteiger partial charge on any atom is 0.573 e. The summed E-state index contributed by atoms with van der Waals surface area (Å²) in [6, 6.07) is 5.00. The van der Waals surface area contributed by atoms with Crippen LogP contribution < -0.4 is 10.1 Å². The van der Waals surface area contributed by atoms with Crippen LogP contribution in [0.15, 0.2) is 24.3 Å². The maximum atomic E-state index is 12.4. The summed E-state index contributed by atoms with van der Waals surface area (Å²) in [4.78, 5) is 24.4. The van der Waals surface area contributed by atoms with Crippen LogP contribution in [0.3, 0.4) is 0 Å². The summed E-state index contributed by atoms with van der Waals surface area (Å²) in [5.74, 6) is -1.96. The number of halogens is 3. The lowest BCUT2D eigenvalue weighted by Gasteiger charge is -2.30. The minimum Gasteiger partial charge on any atom is -0.481 e. The van der Waals surface area contributed by atoms with Crippen molar-refractivity contribution in [2.45, 2.75) is 25.7 Å². The van der Waals surface area contributed by atoms with E-state index in [9.17, 15) is 22.8 Å². The van der Waals surface area contributed by atoms with Crippen molar-refractivity contribution in [2.24, 2.45) is 5.92 Å². The van der Waals surface area contributed by atoms with E-state index in [0.717, 1.165) is 6.07 Å². The average molecular weight is 346 g/mol. The van der Waals surface area contributed by atoms with E-state index in [1.165, 1.54) is 23.1 Å². The standard InChI is InChI=1S/C15H17F3N2O4/c16-15(17,18)24-12-6-2-1-4-10(12)8-19-14(23)20-7-3-5-11(9-20)13(21)22/h1-2,4,6,11H,3,5,7-9H2,(H,19,23)(H,21,22). The number of ether oxygens (including phenoxy) is 1. The Kier molecular flexibility index (Phi) is 5.53. The number of likely N-dealkylation sites (tertiary alicyclic amines) is 1. The van der Waals surface area contributed by atoms with Gasteiger partial charge in [0.15, 0.2) is 0 Å². The molecule has 1 atom stereocenters. The SMILES string of the molecule is O=C(O)C1CCCN(C(=O)NCc2ccccc2OC(F)(F)F)C1. The van der Waals surface area contributed by atoms with Crippen LogP contribution in [0.25, 0.3) is 0 Å². The third-order valence-electron chi connectivity index (χ3n) is 3.69. The van der Waals surface area contributed by atoms with Crippen molar-refractivity contribution < 1.29 is 32.6 Å². The Bertz CT molecular complexity index is 607. The number of carbonyl (C=O) groups excluding carboxylic acids is 1. The number of rotatable bonds is 4. The van der Waals surface area contributed by atoms with Gasteiger partial charge in [-0.2, -0.15) is 0 Å². The number of para-hydroxylation sites is 1. The Labute approximate surface area is 136 Å². The predicted octanol–water partition coefficient (Wildman–Crippen LogP) is 2.59. The van der Waals surface area contributed by atoms with Crippen molar-refractivity contribution in [1.82, 2.24) is 10.2 Å². The zero-order valence-electron chi connectivity index (χ0n) is 12.7. The van der Waals surface area contributed by atoms with Crippen molar-refractivity contribution >= 4 is 12.0 Å². The molecular weight excluding hydrogens is 329 g/mol. The van der Waals surface area contributed by atoms with E-state index >= 15 is 0 Å². The molecule has 2 rings (SSSR count). The molecule has 1 heterocycles. The molecule has 9 heteroatoms. The summed E-state index contributed by atoms with van der Waals surface area (Å²) < 4.78 is 41.0. The molecule has 0 radical (unpaired) electrons. The second-order valence-electron chi connectivity index (χ2n) is 5.44. The number of nitrogens with zero attached hydrogens (tertiary/aromatic N) is 1. The van der Waals surface area contributed by atoms with Crippen LogP contribution >= 0.6 is 0 Å². The molecule has 1 aromatic carbocycles. The number of urea groups is 1. The van der Waals surface area contributed by atoms with Gasteiger partial charge < -0.3 is 20.1 Å². The lowest BCUT2D eigenvalue weighted by molar-refractivity contribution is -0.274. The van der Waals surface area contributed by atoms with Gasteiger partial charge in [0.1, 0.15) is 5.75 Å². The third-order valence-corrected chi connectivity index (χ3v) is 3.69. The molecule has 1 unspecified atom stereocenters. The van der Waals surface area contributed by atoms with Crippen LogP contribution in [0.1, 0.15) is 18.4 Å².